The third kappa shape index (κ3) is 9.85. The summed E-state index contributed by atoms with van der Waals surface area (Å²) in [7, 11) is 0.743. The molecule has 0 aromatic heterocycles. The molecule has 0 spiro atoms. The normalized spacial score (nSPS) is 13.8. The van der Waals surface area contributed by atoms with Gasteiger partial charge in [-0.15, -0.1) is 6.58 Å². The van der Waals surface area contributed by atoms with Crippen LogP contribution in [-0.2, 0) is 20.7 Å². The zero-order chi connectivity index (χ0) is 35.3. The fourth-order valence-corrected chi connectivity index (χ4v) is 5.28. The maximum absolute atomic E-state index is 12.6. The van der Waals surface area contributed by atoms with Gasteiger partial charge in [-0.2, -0.15) is 0 Å². The largest absolute Gasteiger partial charge is 0.541 e. The van der Waals surface area contributed by atoms with Crippen molar-refractivity contribution in [3.05, 3.63) is 59.7 Å². The molecule has 0 saturated carbocycles. The first-order valence-electron chi connectivity index (χ1n) is 15.8. The Labute approximate surface area is 277 Å². The molecule has 2 aromatic rings. The summed E-state index contributed by atoms with van der Waals surface area (Å²) in [5, 5.41) is 11.8. The lowest BCUT2D eigenvalue weighted by molar-refractivity contribution is -0.153. The standard InChI is InChI=1S/C37H56O8Si/c1-15-26(31(38)25-18-19-28(29(23-25)41-11)44-34(40)36(5,6)7)27-21-24(17-16-20-43-33(39)35(2,3)4)22-30(42-12)32(27)45-46(13,14)37(8,9)10/h15,18-19,21-23,26,31,38H,1,16-17,20H2,2-14H3/t26-,31-/m1/s1. The number of carbonyl (C=O) groups is 2. The van der Waals surface area contributed by atoms with Crippen LogP contribution in [0.15, 0.2) is 43.0 Å². The SMILES string of the molecule is C=C[C@H](c1cc(CCCOC(=O)C(C)(C)C)cc(OC)c1O[Si](C)(C)C(C)(C)C)[C@H](O)c1ccc(OC(=O)C(C)(C)C)c(OC)c1. The number of hydrogen-bond acceptors (Lipinski definition) is 8. The molecule has 0 radical (unpaired) electrons. The van der Waals surface area contributed by atoms with E-state index >= 15 is 0 Å². The summed E-state index contributed by atoms with van der Waals surface area (Å²) in [5.74, 6) is 0.492. The minimum Gasteiger partial charge on any atom is -0.541 e. The number of methoxy groups -OCH3 is 2. The van der Waals surface area contributed by atoms with Crippen LogP contribution in [0, 0.1) is 10.8 Å². The van der Waals surface area contributed by atoms with Crippen molar-refractivity contribution in [3.8, 4) is 23.0 Å². The van der Waals surface area contributed by atoms with Crippen LogP contribution in [0.3, 0.4) is 0 Å². The number of carbonyl (C=O) groups excluding carboxylic acids is 2. The van der Waals surface area contributed by atoms with E-state index in [1.54, 1.807) is 52.2 Å². The molecular formula is C37H56O8Si. The highest BCUT2D eigenvalue weighted by atomic mass is 28.4. The second-order valence-corrected chi connectivity index (χ2v) is 20.0. The molecule has 0 heterocycles. The van der Waals surface area contributed by atoms with Gasteiger partial charge in [-0.05, 0) is 102 Å². The maximum atomic E-state index is 12.6. The zero-order valence-electron chi connectivity index (χ0n) is 30.3. The number of aryl methyl sites for hydroxylation is 1. The minimum absolute atomic E-state index is 0.0964. The summed E-state index contributed by atoms with van der Waals surface area (Å²) in [5.41, 5.74) is 0.962. The number of ether oxygens (including phenoxy) is 4. The van der Waals surface area contributed by atoms with Crippen LogP contribution in [0.5, 0.6) is 23.0 Å². The average molecular weight is 657 g/mol. The van der Waals surface area contributed by atoms with Crippen LogP contribution in [0.1, 0.15) is 97.4 Å². The molecular weight excluding hydrogens is 600 g/mol. The molecule has 0 aliphatic rings. The van der Waals surface area contributed by atoms with Gasteiger partial charge in [0.2, 0.25) is 0 Å². The lowest BCUT2D eigenvalue weighted by Crippen LogP contribution is -2.44. The van der Waals surface area contributed by atoms with Gasteiger partial charge in [0.25, 0.3) is 8.32 Å². The molecule has 8 nitrogen and oxygen atoms in total. The molecule has 0 amide bonds. The van der Waals surface area contributed by atoms with E-state index in [1.807, 2.05) is 32.9 Å². The molecule has 0 saturated heterocycles. The Hall–Kier alpha value is -3.30. The van der Waals surface area contributed by atoms with Crippen molar-refractivity contribution in [1.82, 2.24) is 0 Å². The van der Waals surface area contributed by atoms with Gasteiger partial charge < -0.3 is 28.5 Å². The van der Waals surface area contributed by atoms with Crippen LogP contribution >= 0.6 is 0 Å². The first kappa shape index (κ1) is 38.9. The second-order valence-electron chi connectivity index (χ2n) is 15.3. The maximum Gasteiger partial charge on any atom is 0.316 e. The van der Waals surface area contributed by atoms with Crippen molar-refractivity contribution in [1.29, 1.82) is 0 Å². The Balaban J connectivity index is 2.59. The van der Waals surface area contributed by atoms with Gasteiger partial charge in [0.05, 0.1) is 37.8 Å². The van der Waals surface area contributed by atoms with Gasteiger partial charge in [0, 0.05) is 11.5 Å². The monoisotopic (exact) mass is 656 g/mol. The van der Waals surface area contributed by atoms with Crippen molar-refractivity contribution in [2.75, 3.05) is 20.8 Å². The third-order valence-electron chi connectivity index (χ3n) is 8.28. The fourth-order valence-electron chi connectivity index (χ4n) is 4.24. The lowest BCUT2D eigenvalue weighted by Gasteiger charge is -2.38. The average Bonchev–Trinajstić information content (AvgIpc) is 2.94. The van der Waals surface area contributed by atoms with Gasteiger partial charge in [-0.25, -0.2) is 0 Å². The number of benzene rings is 2. The highest BCUT2D eigenvalue weighted by molar-refractivity contribution is 6.74. The van der Waals surface area contributed by atoms with E-state index in [9.17, 15) is 14.7 Å². The van der Waals surface area contributed by atoms with E-state index in [-0.39, 0.29) is 23.4 Å². The molecule has 9 heteroatoms. The van der Waals surface area contributed by atoms with Crippen LogP contribution in [0.25, 0.3) is 0 Å². The minimum atomic E-state index is -2.35. The molecule has 2 rings (SSSR count). The predicted octanol–water partition coefficient (Wildman–Crippen LogP) is 8.56. The molecule has 2 aromatic carbocycles. The Morgan fingerprint density at radius 1 is 0.870 bits per heavy atom. The lowest BCUT2D eigenvalue weighted by atomic mass is 9.87. The van der Waals surface area contributed by atoms with E-state index in [4.69, 9.17) is 23.4 Å². The zero-order valence-corrected chi connectivity index (χ0v) is 31.3. The number of rotatable bonds is 13. The number of aliphatic hydroxyl groups is 1. The smallest absolute Gasteiger partial charge is 0.316 e. The van der Waals surface area contributed by atoms with Gasteiger partial charge >= 0.3 is 11.9 Å². The highest BCUT2D eigenvalue weighted by Gasteiger charge is 2.41. The van der Waals surface area contributed by atoms with Crippen molar-refractivity contribution >= 4 is 20.3 Å². The van der Waals surface area contributed by atoms with E-state index in [1.165, 1.54) is 7.11 Å². The molecule has 0 unspecified atom stereocenters. The summed E-state index contributed by atoms with van der Waals surface area (Å²) >= 11 is 0. The van der Waals surface area contributed by atoms with Crippen LogP contribution < -0.4 is 18.6 Å². The van der Waals surface area contributed by atoms with E-state index in [2.05, 4.69) is 40.4 Å². The predicted molar refractivity (Wildman–Crippen MR) is 186 cm³/mol. The molecule has 0 bridgehead atoms. The molecule has 0 fully saturated rings. The first-order chi connectivity index (χ1) is 21.1. The van der Waals surface area contributed by atoms with E-state index in [0.717, 1.165) is 11.1 Å². The van der Waals surface area contributed by atoms with Gasteiger partial charge in [0.15, 0.2) is 23.0 Å². The number of esters is 2. The van der Waals surface area contributed by atoms with Crippen molar-refractivity contribution in [3.63, 3.8) is 0 Å². The van der Waals surface area contributed by atoms with Crippen molar-refractivity contribution in [2.24, 2.45) is 10.8 Å². The second kappa shape index (κ2) is 15.1. The summed E-state index contributed by atoms with van der Waals surface area (Å²) < 4.78 is 29.4. The third-order valence-corrected chi connectivity index (χ3v) is 12.6. The molecule has 46 heavy (non-hydrogen) atoms. The van der Waals surface area contributed by atoms with Crippen LogP contribution in [0.2, 0.25) is 18.1 Å². The fraction of sp³-hybridized carbons (Fsp3) is 0.568. The highest BCUT2D eigenvalue weighted by Crippen LogP contribution is 2.47. The topological polar surface area (TPSA) is 101 Å². The molecule has 256 valence electrons. The van der Waals surface area contributed by atoms with Crippen LogP contribution in [-0.4, -0.2) is 46.2 Å². The van der Waals surface area contributed by atoms with Crippen molar-refractivity contribution in [2.45, 2.75) is 105 Å². The molecule has 2 atom stereocenters. The summed E-state index contributed by atoms with van der Waals surface area (Å²) in [6.45, 7) is 26.0. The van der Waals surface area contributed by atoms with Gasteiger partial charge in [-0.1, -0.05) is 39.0 Å². The molecule has 1 N–H and O–H groups in total. The van der Waals surface area contributed by atoms with Crippen LogP contribution in [0.4, 0.5) is 0 Å². The van der Waals surface area contributed by atoms with E-state index < -0.39 is 37.1 Å². The number of hydrogen-bond donors (Lipinski definition) is 1. The number of aliphatic hydroxyl groups excluding tert-OH is 1. The molecule has 0 aliphatic heterocycles. The Morgan fingerprint density at radius 3 is 1.96 bits per heavy atom. The van der Waals surface area contributed by atoms with Gasteiger partial charge in [0.1, 0.15) is 0 Å². The van der Waals surface area contributed by atoms with E-state index in [0.29, 0.717) is 35.7 Å². The summed E-state index contributed by atoms with van der Waals surface area (Å²) in [6, 6.07) is 8.98. The Morgan fingerprint density at radius 2 is 1.46 bits per heavy atom. The summed E-state index contributed by atoms with van der Waals surface area (Å²) in [4.78, 5) is 24.8. The summed E-state index contributed by atoms with van der Waals surface area (Å²) in [6.07, 6.45) is 1.88. The quantitative estimate of drug-likeness (QED) is 0.0753. The Kier molecular flexibility index (Phi) is 12.7. The Bertz CT molecular complexity index is 1380. The molecule has 0 aliphatic carbocycles. The van der Waals surface area contributed by atoms with Crippen molar-refractivity contribution < 1.29 is 38.1 Å². The van der Waals surface area contributed by atoms with Gasteiger partial charge in [-0.3, -0.25) is 9.59 Å². The first-order valence-corrected chi connectivity index (χ1v) is 18.8.